The molecular formula is C11H11N3O4. The predicted molar refractivity (Wildman–Crippen MR) is 62.0 cm³/mol. The van der Waals surface area contributed by atoms with Crippen LogP contribution in [0, 0.1) is 0 Å². The van der Waals surface area contributed by atoms with Crippen LogP contribution in [0.1, 0.15) is 10.5 Å². The van der Waals surface area contributed by atoms with Crippen LogP contribution >= 0.6 is 0 Å². The summed E-state index contributed by atoms with van der Waals surface area (Å²) in [5, 5.41) is 26.1. The van der Waals surface area contributed by atoms with E-state index < -0.39 is 11.7 Å². The van der Waals surface area contributed by atoms with Gasteiger partial charge >= 0.3 is 0 Å². The monoisotopic (exact) mass is 249 g/mol. The number of hydrogen-bond acceptors (Lipinski definition) is 6. The summed E-state index contributed by atoms with van der Waals surface area (Å²) >= 11 is 0. The average Bonchev–Trinajstić information content (AvgIpc) is 2.38. The largest absolute Gasteiger partial charge is 0.504 e. The number of aromatic hydroxyl groups is 3. The highest BCUT2D eigenvalue weighted by atomic mass is 16.3. The van der Waals surface area contributed by atoms with E-state index in [2.05, 4.69) is 9.97 Å². The van der Waals surface area contributed by atoms with Crippen LogP contribution in [-0.2, 0) is 0 Å². The Morgan fingerprint density at radius 2 is 1.72 bits per heavy atom. The first-order chi connectivity index (χ1) is 8.52. The molecule has 94 valence electrons. The number of phenols is 3. The molecule has 0 bridgehead atoms. The number of hydrogen-bond donors (Lipinski definition) is 4. The average molecular weight is 249 g/mol. The number of rotatable bonds is 1. The number of aromatic nitrogens is 2. The minimum absolute atomic E-state index is 0.192. The second-order valence-electron chi connectivity index (χ2n) is 3.10. The van der Waals surface area contributed by atoms with E-state index in [0.29, 0.717) is 0 Å². The fourth-order valence-electron chi connectivity index (χ4n) is 0.946. The molecule has 18 heavy (non-hydrogen) atoms. The lowest BCUT2D eigenvalue weighted by molar-refractivity contribution is 0.0995. The molecule has 0 aliphatic heterocycles. The molecule has 0 aliphatic rings. The highest BCUT2D eigenvalue weighted by molar-refractivity contribution is 5.90. The third-order valence-electron chi connectivity index (χ3n) is 1.81. The maximum atomic E-state index is 10.3. The van der Waals surface area contributed by atoms with Gasteiger partial charge in [-0.25, -0.2) is 4.98 Å². The molecule has 0 spiro atoms. The van der Waals surface area contributed by atoms with Crippen molar-refractivity contribution in [1.82, 2.24) is 9.97 Å². The maximum absolute atomic E-state index is 10.3. The standard InChI is InChI=1S/C6H6O3.C5H5N3O/c7-4-2-1-3-5(8)6(4)9;6-5(9)4-3-7-1-2-8-4/h1-3,7-9H;1-3H,(H2,6,9). The number of nitrogens with two attached hydrogens (primary N) is 1. The fraction of sp³-hybridized carbons (Fsp3) is 0. The summed E-state index contributed by atoms with van der Waals surface area (Å²) in [4.78, 5) is 17.6. The highest BCUT2D eigenvalue weighted by Crippen LogP contribution is 2.32. The van der Waals surface area contributed by atoms with Crippen LogP contribution in [0.5, 0.6) is 17.2 Å². The van der Waals surface area contributed by atoms with Crippen LogP contribution in [-0.4, -0.2) is 31.2 Å². The zero-order chi connectivity index (χ0) is 13.5. The molecule has 0 unspecified atom stereocenters. The molecule has 0 aliphatic carbocycles. The first-order valence-corrected chi connectivity index (χ1v) is 4.78. The first kappa shape index (κ1) is 13.2. The quantitative estimate of drug-likeness (QED) is 0.540. The van der Waals surface area contributed by atoms with Gasteiger partial charge in [0.2, 0.25) is 0 Å². The number of amides is 1. The van der Waals surface area contributed by atoms with E-state index in [4.69, 9.17) is 21.1 Å². The van der Waals surface area contributed by atoms with Crippen molar-refractivity contribution in [2.45, 2.75) is 0 Å². The van der Waals surface area contributed by atoms with Gasteiger partial charge in [-0.05, 0) is 12.1 Å². The number of primary amides is 1. The minimum Gasteiger partial charge on any atom is -0.504 e. The van der Waals surface area contributed by atoms with E-state index in [9.17, 15) is 4.79 Å². The predicted octanol–water partition coefficient (Wildman–Crippen LogP) is 0.379. The van der Waals surface area contributed by atoms with Gasteiger partial charge in [-0.2, -0.15) is 0 Å². The van der Waals surface area contributed by atoms with Crippen LogP contribution in [0.3, 0.4) is 0 Å². The van der Waals surface area contributed by atoms with Crippen LogP contribution in [0.15, 0.2) is 36.8 Å². The molecule has 1 heterocycles. The Morgan fingerprint density at radius 3 is 2.06 bits per heavy atom. The maximum Gasteiger partial charge on any atom is 0.268 e. The highest BCUT2D eigenvalue weighted by Gasteiger charge is 2.01. The van der Waals surface area contributed by atoms with Crippen molar-refractivity contribution in [3.63, 3.8) is 0 Å². The fourth-order valence-corrected chi connectivity index (χ4v) is 0.946. The molecule has 0 atom stereocenters. The van der Waals surface area contributed by atoms with Gasteiger partial charge in [-0.3, -0.25) is 9.78 Å². The minimum atomic E-state index is -0.553. The molecule has 0 radical (unpaired) electrons. The Kier molecular flexibility index (Phi) is 4.44. The summed E-state index contributed by atoms with van der Waals surface area (Å²) in [5.74, 6) is -1.65. The zero-order valence-electron chi connectivity index (χ0n) is 9.19. The van der Waals surface area contributed by atoms with Crippen LogP contribution in [0.25, 0.3) is 0 Å². The molecule has 5 N–H and O–H groups in total. The van der Waals surface area contributed by atoms with Crippen LogP contribution in [0.4, 0.5) is 0 Å². The molecule has 2 rings (SSSR count). The third-order valence-corrected chi connectivity index (χ3v) is 1.81. The molecule has 7 nitrogen and oxygen atoms in total. The zero-order valence-corrected chi connectivity index (χ0v) is 9.19. The number of nitrogens with zero attached hydrogens (tertiary/aromatic N) is 2. The second-order valence-corrected chi connectivity index (χ2v) is 3.10. The van der Waals surface area contributed by atoms with Gasteiger partial charge in [0.1, 0.15) is 5.69 Å². The lowest BCUT2D eigenvalue weighted by Crippen LogP contribution is -2.12. The number of carbonyl (C=O) groups is 1. The van der Waals surface area contributed by atoms with E-state index in [1.54, 1.807) is 0 Å². The van der Waals surface area contributed by atoms with Gasteiger partial charge < -0.3 is 21.1 Å². The van der Waals surface area contributed by atoms with E-state index in [1.165, 1.54) is 36.8 Å². The molecular weight excluding hydrogens is 238 g/mol. The van der Waals surface area contributed by atoms with Gasteiger partial charge in [-0.1, -0.05) is 6.07 Å². The smallest absolute Gasteiger partial charge is 0.268 e. The van der Waals surface area contributed by atoms with Gasteiger partial charge in [0, 0.05) is 12.4 Å². The SMILES string of the molecule is NC(=O)c1cnccn1.Oc1cccc(O)c1O. The van der Waals surface area contributed by atoms with E-state index in [1.807, 2.05) is 0 Å². The Labute approximate surface area is 102 Å². The Morgan fingerprint density at radius 1 is 1.11 bits per heavy atom. The summed E-state index contributed by atoms with van der Waals surface area (Å²) < 4.78 is 0. The summed E-state index contributed by atoms with van der Waals surface area (Å²) in [7, 11) is 0. The van der Waals surface area contributed by atoms with Crippen LogP contribution in [0.2, 0.25) is 0 Å². The van der Waals surface area contributed by atoms with Crippen molar-refractivity contribution in [3.8, 4) is 17.2 Å². The molecule has 2 aromatic rings. The molecule has 1 amide bonds. The molecule has 1 aromatic carbocycles. The van der Waals surface area contributed by atoms with E-state index >= 15 is 0 Å². The Balaban J connectivity index is 0.000000180. The van der Waals surface area contributed by atoms with E-state index in [0.717, 1.165) is 0 Å². The number of carbonyl (C=O) groups excluding carboxylic acids is 1. The first-order valence-electron chi connectivity index (χ1n) is 4.78. The van der Waals surface area contributed by atoms with Crippen molar-refractivity contribution in [1.29, 1.82) is 0 Å². The van der Waals surface area contributed by atoms with Crippen LogP contribution < -0.4 is 5.73 Å². The van der Waals surface area contributed by atoms with Crippen molar-refractivity contribution < 1.29 is 20.1 Å². The third kappa shape index (κ3) is 3.63. The Hall–Kier alpha value is -2.83. The second kappa shape index (κ2) is 6.04. The molecule has 7 heteroatoms. The normalized spacial score (nSPS) is 9.11. The van der Waals surface area contributed by atoms with Gasteiger partial charge in [0.25, 0.3) is 5.91 Å². The van der Waals surface area contributed by atoms with E-state index in [-0.39, 0.29) is 17.2 Å². The topological polar surface area (TPSA) is 130 Å². The van der Waals surface area contributed by atoms with Gasteiger partial charge in [0.15, 0.2) is 17.2 Å². The molecule has 1 aromatic heterocycles. The number of phenolic OH excluding ortho intramolecular Hbond substituents is 3. The molecule has 0 saturated heterocycles. The summed E-state index contributed by atoms with van der Waals surface area (Å²) in [5.41, 5.74) is 5.06. The van der Waals surface area contributed by atoms with Gasteiger partial charge in [-0.15, -0.1) is 0 Å². The van der Waals surface area contributed by atoms with Crippen molar-refractivity contribution in [2.75, 3.05) is 0 Å². The number of para-hydroxylation sites is 1. The lowest BCUT2D eigenvalue weighted by atomic mass is 10.3. The summed E-state index contributed by atoms with van der Waals surface area (Å²) in [6.07, 6.45) is 4.22. The summed E-state index contributed by atoms with van der Waals surface area (Å²) in [6, 6.07) is 4.01. The van der Waals surface area contributed by atoms with Crippen molar-refractivity contribution in [3.05, 3.63) is 42.5 Å². The van der Waals surface area contributed by atoms with Crippen molar-refractivity contribution >= 4 is 5.91 Å². The summed E-state index contributed by atoms with van der Waals surface area (Å²) in [6.45, 7) is 0. The lowest BCUT2D eigenvalue weighted by Gasteiger charge is -1.96. The molecule has 0 saturated carbocycles. The number of benzene rings is 1. The van der Waals surface area contributed by atoms with Gasteiger partial charge in [0.05, 0.1) is 6.20 Å². The Bertz CT molecular complexity index is 511. The van der Waals surface area contributed by atoms with Crippen molar-refractivity contribution in [2.24, 2.45) is 5.73 Å². The molecule has 0 fully saturated rings.